The molecule has 0 aromatic carbocycles. The highest BCUT2D eigenvalue weighted by Crippen LogP contribution is 1.95. The average molecular weight is 179 g/mol. The molecule has 0 spiro atoms. The van der Waals surface area contributed by atoms with Crippen LogP contribution in [-0.2, 0) is 0 Å². The summed E-state index contributed by atoms with van der Waals surface area (Å²) in [6, 6.07) is 0. The third-order valence-electron chi connectivity index (χ3n) is 2.59. The zero-order valence-corrected chi connectivity index (χ0v) is 8.32. The van der Waals surface area contributed by atoms with E-state index in [4.69, 9.17) is 11.6 Å². The summed E-state index contributed by atoms with van der Waals surface area (Å²) < 4.78 is 1.19. The van der Waals surface area contributed by atoms with Crippen molar-refractivity contribution in [3.63, 3.8) is 0 Å². The number of quaternary nitrogens is 2. The Labute approximate surface area is 74.3 Å². The van der Waals surface area contributed by atoms with Gasteiger partial charge in [0.05, 0.1) is 26.5 Å². The summed E-state index contributed by atoms with van der Waals surface area (Å²) in [6.45, 7) is 6.32. The fraction of sp³-hybridized carbons (Fsp3) is 1.00. The molecule has 0 atom stereocenters. The molecule has 0 radical (unpaired) electrons. The van der Waals surface area contributed by atoms with Crippen LogP contribution in [0, 0.1) is 0 Å². The molecule has 0 saturated carbocycles. The molecule has 1 N–H and O–H groups in total. The minimum Gasteiger partial charge on any atom is -0.325 e. The Balaban J connectivity index is 2.25. The summed E-state index contributed by atoms with van der Waals surface area (Å²) in [7, 11) is 4.61. The minimum absolute atomic E-state index is 0.808. The molecular formula is C8H19ClN2+2. The van der Waals surface area contributed by atoms with E-state index in [0.29, 0.717) is 0 Å². The average Bonchev–Trinajstić information content (AvgIpc) is 1.94. The van der Waals surface area contributed by atoms with Crippen molar-refractivity contribution in [2.24, 2.45) is 0 Å². The van der Waals surface area contributed by atoms with Gasteiger partial charge in [-0.05, 0) is 0 Å². The van der Waals surface area contributed by atoms with Crippen molar-refractivity contribution in [1.82, 2.24) is 0 Å². The van der Waals surface area contributed by atoms with Crippen molar-refractivity contribution < 1.29 is 9.38 Å². The van der Waals surface area contributed by atoms with Crippen molar-refractivity contribution in [2.45, 2.75) is 0 Å². The Bertz CT molecular complexity index is 115. The van der Waals surface area contributed by atoms with Crippen LogP contribution in [0.2, 0.25) is 0 Å². The summed E-state index contributed by atoms with van der Waals surface area (Å²) >= 11 is 5.68. The number of halogens is 1. The number of nitrogens with one attached hydrogen (secondary N) is 1. The number of piperazine rings is 1. The lowest BCUT2D eigenvalue weighted by Crippen LogP contribution is -3.15. The topological polar surface area (TPSA) is 4.44 Å². The van der Waals surface area contributed by atoms with E-state index >= 15 is 0 Å². The van der Waals surface area contributed by atoms with Gasteiger partial charge in [-0.15, -0.1) is 11.6 Å². The van der Waals surface area contributed by atoms with Gasteiger partial charge in [0.25, 0.3) is 0 Å². The van der Waals surface area contributed by atoms with Gasteiger partial charge in [0, 0.05) is 0 Å². The molecule has 1 saturated heterocycles. The maximum Gasteiger partial charge on any atom is 0.128 e. The van der Waals surface area contributed by atoms with E-state index < -0.39 is 0 Å². The SMILES string of the molecule is C[N+]1(C)CC[NH+](CCCl)CC1. The summed E-state index contributed by atoms with van der Waals surface area (Å²) in [5, 5.41) is 0. The highest BCUT2D eigenvalue weighted by Gasteiger charge is 2.26. The Morgan fingerprint density at radius 3 is 2.27 bits per heavy atom. The Kier molecular flexibility index (Phi) is 3.16. The third-order valence-corrected chi connectivity index (χ3v) is 2.78. The van der Waals surface area contributed by atoms with Crippen LogP contribution < -0.4 is 4.90 Å². The van der Waals surface area contributed by atoms with E-state index in [9.17, 15) is 0 Å². The number of nitrogens with zero attached hydrogens (tertiary/aromatic N) is 1. The molecule has 0 aromatic rings. The Morgan fingerprint density at radius 1 is 1.27 bits per heavy atom. The molecule has 0 amide bonds. The van der Waals surface area contributed by atoms with E-state index in [0.717, 1.165) is 12.4 Å². The van der Waals surface area contributed by atoms with Crippen LogP contribution in [-0.4, -0.2) is 57.2 Å². The maximum atomic E-state index is 5.68. The lowest BCUT2D eigenvalue weighted by atomic mass is 10.3. The van der Waals surface area contributed by atoms with E-state index in [2.05, 4.69) is 14.1 Å². The predicted molar refractivity (Wildman–Crippen MR) is 48.1 cm³/mol. The zero-order chi connectivity index (χ0) is 8.32. The number of rotatable bonds is 2. The molecule has 1 rings (SSSR count). The molecule has 0 aliphatic carbocycles. The van der Waals surface area contributed by atoms with Gasteiger partial charge < -0.3 is 9.38 Å². The second kappa shape index (κ2) is 3.74. The monoisotopic (exact) mass is 178 g/mol. The van der Waals surface area contributed by atoms with Crippen LogP contribution in [0.5, 0.6) is 0 Å². The number of alkyl halides is 1. The van der Waals surface area contributed by atoms with Gasteiger partial charge >= 0.3 is 0 Å². The van der Waals surface area contributed by atoms with Crippen LogP contribution in [0.1, 0.15) is 0 Å². The molecule has 11 heavy (non-hydrogen) atoms. The van der Waals surface area contributed by atoms with Gasteiger partial charge in [0.1, 0.15) is 26.2 Å². The van der Waals surface area contributed by atoms with Crippen LogP contribution >= 0.6 is 11.6 Å². The molecule has 2 nitrogen and oxygen atoms in total. The van der Waals surface area contributed by atoms with Crippen molar-refractivity contribution in [2.75, 3.05) is 52.7 Å². The molecule has 1 aliphatic heterocycles. The lowest BCUT2D eigenvalue weighted by molar-refractivity contribution is -1.00. The van der Waals surface area contributed by atoms with E-state index in [-0.39, 0.29) is 0 Å². The molecule has 0 unspecified atom stereocenters. The minimum atomic E-state index is 0.808. The second-order valence-electron chi connectivity index (χ2n) is 4.07. The van der Waals surface area contributed by atoms with Gasteiger partial charge in [-0.2, -0.15) is 0 Å². The summed E-state index contributed by atoms with van der Waals surface area (Å²) in [5.74, 6) is 0.808. The summed E-state index contributed by atoms with van der Waals surface area (Å²) in [5.41, 5.74) is 0. The first kappa shape index (κ1) is 9.30. The molecular weight excluding hydrogens is 160 g/mol. The maximum absolute atomic E-state index is 5.68. The van der Waals surface area contributed by atoms with Crippen LogP contribution in [0.4, 0.5) is 0 Å². The molecule has 1 aliphatic rings. The van der Waals surface area contributed by atoms with Crippen molar-refractivity contribution in [1.29, 1.82) is 0 Å². The van der Waals surface area contributed by atoms with E-state index in [1.54, 1.807) is 4.90 Å². The molecule has 66 valence electrons. The summed E-state index contributed by atoms with van der Waals surface area (Å²) in [4.78, 5) is 1.68. The zero-order valence-electron chi connectivity index (χ0n) is 7.57. The van der Waals surface area contributed by atoms with Crippen LogP contribution in [0.15, 0.2) is 0 Å². The Morgan fingerprint density at radius 2 is 1.82 bits per heavy atom. The standard InChI is InChI=1S/C8H18ClN2/c1-11(2)7-5-10(4-3-9)6-8-11/h3-8H2,1-2H3/q+1/p+1. The van der Waals surface area contributed by atoms with E-state index in [1.165, 1.54) is 30.7 Å². The van der Waals surface area contributed by atoms with Crippen LogP contribution in [0.3, 0.4) is 0 Å². The van der Waals surface area contributed by atoms with Crippen molar-refractivity contribution >= 4 is 11.6 Å². The first-order chi connectivity index (χ1) is 5.14. The summed E-state index contributed by atoms with van der Waals surface area (Å²) in [6.07, 6.45) is 0. The number of hydrogen-bond donors (Lipinski definition) is 1. The molecule has 0 aromatic heterocycles. The van der Waals surface area contributed by atoms with Gasteiger partial charge in [-0.25, -0.2) is 0 Å². The molecule has 3 heteroatoms. The highest BCUT2D eigenvalue weighted by atomic mass is 35.5. The van der Waals surface area contributed by atoms with Gasteiger partial charge in [0.2, 0.25) is 0 Å². The largest absolute Gasteiger partial charge is 0.325 e. The van der Waals surface area contributed by atoms with Crippen LogP contribution in [0.25, 0.3) is 0 Å². The van der Waals surface area contributed by atoms with Gasteiger partial charge in [0.15, 0.2) is 0 Å². The second-order valence-corrected chi connectivity index (χ2v) is 4.45. The van der Waals surface area contributed by atoms with Gasteiger partial charge in [-0.3, -0.25) is 0 Å². The fourth-order valence-electron chi connectivity index (χ4n) is 1.54. The fourth-order valence-corrected chi connectivity index (χ4v) is 1.81. The van der Waals surface area contributed by atoms with Crippen molar-refractivity contribution in [3.8, 4) is 0 Å². The third kappa shape index (κ3) is 2.97. The molecule has 0 bridgehead atoms. The smallest absolute Gasteiger partial charge is 0.128 e. The first-order valence-corrected chi connectivity index (χ1v) is 4.89. The number of likely N-dealkylation sites (N-methyl/N-ethyl adjacent to an activating group) is 1. The first-order valence-electron chi connectivity index (χ1n) is 4.35. The predicted octanol–water partition coefficient (Wildman–Crippen LogP) is -0.800. The Hall–Kier alpha value is 0.210. The number of hydrogen-bond acceptors (Lipinski definition) is 0. The quantitative estimate of drug-likeness (QED) is 0.417. The molecule has 1 fully saturated rings. The van der Waals surface area contributed by atoms with Gasteiger partial charge in [-0.1, -0.05) is 0 Å². The lowest BCUT2D eigenvalue weighted by Gasteiger charge is -2.36. The highest BCUT2D eigenvalue weighted by molar-refractivity contribution is 6.17. The van der Waals surface area contributed by atoms with Crippen molar-refractivity contribution in [3.05, 3.63) is 0 Å². The van der Waals surface area contributed by atoms with E-state index in [1.807, 2.05) is 0 Å². The molecule has 1 heterocycles. The normalized spacial score (nSPS) is 25.4.